The van der Waals surface area contributed by atoms with Gasteiger partial charge in [-0.1, -0.05) is 35.3 Å². The van der Waals surface area contributed by atoms with Gasteiger partial charge in [0.2, 0.25) is 0 Å². The zero-order chi connectivity index (χ0) is 19.1. The Morgan fingerprint density at radius 3 is 2.67 bits per heavy atom. The molecule has 1 heterocycles. The molecule has 138 valence electrons. The van der Waals surface area contributed by atoms with Crippen LogP contribution in [0.3, 0.4) is 0 Å². The van der Waals surface area contributed by atoms with Crippen molar-refractivity contribution in [3.05, 3.63) is 82.0 Å². The second-order valence-electron chi connectivity index (χ2n) is 5.53. The fraction of sp³-hybridized carbons (Fsp3) is 0.100. The average molecular weight is 402 g/mol. The van der Waals surface area contributed by atoms with Crippen LogP contribution in [0.1, 0.15) is 11.1 Å². The average Bonchev–Trinajstić information content (AvgIpc) is 2.70. The third-order valence-electron chi connectivity index (χ3n) is 3.62. The lowest BCUT2D eigenvalue weighted by Crippen LogP contribution is -1.99. The molecule has 0 fully saturated rings. The molecule has 0 saturated carbocycles. The third-order valence-corrected chi connectivity index (χ3v) is 4.36. The lowest BCUT2D eigenvalue weighted by molar-refractivity contribution is 0.284. The van der Waals surface area contributed by atoms with E-state index in [-0.39, 0.29) is 0 Å². The van der Waals surface area contributed by atoms with E-state index in [0.29, 0.717) is 34.0 Å². The van der Waals surface area contributed by atoms with Crippen LogP contribution in [-0.4, -0.2) is 18.3 Å². The first-order valence-corrected chi connectivity index (χ1v) is 8.86. The first kappa shape index (κ1) is 19.0. The molecule has 0 unspecified atom stereocenters. The number of pyridine rings is 1. The second-order valence-corrected chi connectivity index (χ2v) is 6.35. The maximum absolute atomic E-state index is 6.05. The van der Waals surface area contributed by atoms with Crippen molar-refractivity contribution in [3.63, 3.8) is 0 Å². The number of hydrogen-bond donors (Lipinski definition) is 1. The van der Waals surface area contributed by atoms with Crippen molar-refractivity contribution in [2.45, 2.75) is 6.61 Å². The molecule has 0 radical (unpaired) electrons. The predicted molar refractivity (Wildman–Crippen MR) is 109 cm³/mol. The Morgan fingerprint density at radius 2 is 1.93 bits per heavy atom. The fourth-order valence-electron chi connectivity index (χ4n) is 2.28. The topological polar surface area (TPSA) is 55.7 Å². The summed E-state index contributed by atoms with van der Waals surface area (Å²) in [6.07, 6.45) is 3.38. The van der Waals surface area contributed by atoms with Crippen molar-refractivity contribution in [1.82, 2.24) is 4.98 Å². The molecule has 1 aromatic heterocycles. The van der Waals surface area contributed by atoms with Gasteiger partial charge in [-0.25, -0.2) is 4.98 Å². The summed E-state index contributed by atoms with van der Waals surface area (Å²) in [5.41, 5.74) is 4.62. The highest BCUT2D eigenvalue weighted by atomic mass is 35.5. The van der Waals surface area contributed by atoms with E-state index in [1.165, 1.54) is 0 Å². The minimum atomic E-state index is 0.333. The Bertz CT molecular complexity index is 934. The number of ether oxygens (including phenoxy) is 2. The summed E-state index contributed by atoms with van der Waals surface area (Å²) >= 11 is 12.0. The summed E-state index contributed by atoms with van der Waals surface area (Å²) in [5, 5.41) is 5.18. The second kappa shape index (κ2) is 9.26. The summed E-state index contributed by atoms with van der Waals surface area (Å²) in [6, 6.07) is 16.5. The van der Waals surface area contributed by atoms with Crippen molar-refractivity contribution in [2.24, 2.45) is 5.10 Å². The zero-order valence-electron chi connectivity index (χ0n) is 14.5. The zero-order valence-corrected chi connectivity index (χ0v) is 16.0. The lowest BCUT2D eigenvalue weighted by atomic mass is 10.2. The van der Waals surface area contributed by atoms with Gasteiger partial charge in [0.15, 0.2) is 11.5 Å². The molecule has 0 aliphatic heterocycles. The standard InChI is InChI=1S/C20H17Cl2N3O2/c1-26-18-8-6-14(12-24-25-20-4-2-3-9-23-20)11-19(18)27-13-15-5-7-16(21)17(22)10-15/h2-12H,13H2,1H3,(H,23,25). The van der Waals surface area contributed by atoms with E-state index in [4.69, 9.17) is 32.7 Å². The van der Waals surface area contributed by atoms with Gasteiger partial charge >= 0.3 is 0 Å². The van der Waals surface area contributed by atoms with E-state index in [2.05, 4.69) is 15.5 Å². The van der Waals surface area contributed by atoms with E-state index in [1.807, 2.05) is 42.5 Å². The molecular weight excluding hydrogens is 385 g/mol. The Labute approximate surface area is 167 Å². The van der Waals surface area contributed by atoms with Gasteiger partial charge in [-0.15, -0.1) is 0 Å². The molecule has 0 aliphatic carbocycles. The van der Waals surface area contributed by atoms with Crippen molar-refractivity contribution in [3.8, 4) is 11.5 Å². The van der Waals surface area contributed by atoms with Gasteiger partial charge in [0, 0.05) is 6.20 Å². The summed E-state index contributed by atoms with van der Waals surface area (Å²) in [6.45, 7) is 0.333. The van der Waals surface area contributed by atoms with Crippen LogP contribution in [0.25, 0.3) is 0 Å². The summed E-state index contributed by atoms with van der Waals surface area (Å²) < 4.78 is 11.3. The number of aromatic nitrogens is 1. The first-order valence-electron chi connectivity index (χ1n) is 8.10. The lowest BCUT2D eigenvalue weighted by Gasteiger charge is -2.12. The van der Waals surface area contributed by atoms with Crippen LogP contribution >= 0.6 is 23.2 Å². The van der Waals surface area contributed by atoms with Gasteiger partial charge in [-0.3, -0.25) is 5.43 Å². The molecule has 7 heteroatoms. The van der Waals surface area contributed by atoms with Crippen LogP contribution in [0.15, 0.2) is 65.9 Å². The molecule has 0 bridgehead atoms. The molecule has 0 spiro atoms. The Morgan fingerprint density at radius 1 is 1.04 bits per heavy atom. The molecule has 0 atom stereocenters. The number of halogens is 2. The van der Waals surface area contributed by atoms with Crippen molar-refractivity contribution < 1.29 is 9.47 Å². The van der Waals surface area contributed by atoms with E-state index >= 15 is 0 Å². The number of hydrazone groups is 1. The Balaban J connectivity index is 1.70. The van der Waals surface area contributed by atoms with Crippen LogP contribution < -0.4 is 14.9 Å². The number of rotatable bonds is 7. The maximum Gasteiger partial charge on any atom is 0.162 e. The number of hydrogen-bond acceptors (Lipinski definition) is 5. The van der Waals surface area contributed by atoms with Gasteiger partial charge in [-0.05, 0) is 53.6 Å². The van der Waals surface area contributed by atoms with E-state index in [9.17, 15) is 0 Å². The van der Waals surface area contributed by atoms with Gasteiger partial charge in [0.25, 0.3) is 0 Å². The van der Waals surface area contributed by atoms with Crippen LogP contribution in [-0.2, 0) is 6.61 Å². The van der Waals surface area contributed by atoms with Crippen molar-refractivity contribution >= 4 is 35.2 Å². The Hall–Kier alpha value is -2.76. The van der Waals surface area contributed by atoms with Gasteiger partial charge in [0.05, 0.1) is 23.4 Å². The van der Waals surface area contributed by atoms with Crippen molar-refractivity contribution in [1.29, 1.82) is 0 Å². The summed E-state index contributed by atoms with van der Waals surface area (Å²) in [4.78, 5) is 4.14. The van der Waals surface area contributed by atoms with Crippen molar-refractivity contribution in [2.75, 3.05) is 12.5 Å². The number of nitrogens with one attached hydrogen (secondary N) is 1. The first-order chi connectivity index (χ1) is 13.2. The number of nitrogens with zero attached hydrogens (tertiary/aromatic N) is 2. The van der Waals surface area contributed by atoms with Crippen LogP contribution in [0, 0.1) is 0 Å². The molecule has 3 rings (SSSR count). The highest BCUT2D eigenvalue weighted by molar-refractivity contribution is 6.42. The minimum absolute atomic E-state index is 0.333. The number of anilines is 1. The molecule has 2 aromatic carbocycles. The van der Waals surface area contributed by atoms with E-state index < -0.39 is 0 Å². The van der Waals surface area contributed by atoms with E-state index in [0.717, 1.165) is 11.1 Å². The predicted octanol–water partition coefficient (Wildman–Crippen LogP) is 5.42. The molecule has 0 aliphatic rings. The van der Waals surface area contributed by atoms with Gasteiger partial charge in [-0.2, -0.15) is 5.10 Å². The Kier molecular flexibility index (Phi) is 6.52. The molecule has 0 amide bonds. The monoisotopic (exact) mass is 401 g/mol. The number of methoxy groups -OCH3 is 1. The van der Waals surface area contributed by atoms with Crippen LogP contribution in [0.5, 0.6) is 11.5 Å². The molecule has 5 nitrogen and oxygen atoms in total. The molecule has 0 saturated heterocycles. The molecule has 27 heavy (non-hydrogen) atoms. The van der Waals surface area contributed by atoms with Gasteiger partial charge in [0.1, 0.15) is 12.4 Å². The quantitative estimate of drug-likeness (QED) is 0.424. The van der Waals surface area contributed by atoms with Gasteiger partial charge < -0.3 is 9.47 Å². The number of benzene rings is 2. The molecule has 1 N–H and O–H groups in total. The third kappa shape index (κ3) is 5.36. The highest BCUT2D eigenvalue weighted by Crippen LogP contribution is 2.29. The fourth-order valence-corrected chi connectivity index (χ4v) is 2.60. The van der Waals surface area contributed by atoms with Crippen LogP contribution in [0.2, 0.25) is 10.0 Å². The largest absolute Gasteiger partial charge is 0.493 e. The highest BCUT2D eigenvalue weighted by Gasteiger charge is 2.07. The summed E-state index contributed by atoms with van der Waals surface area (Å²) in [7, 11) is 1.59. The van der Waals surface area contributed by atoms with E-state index in [1.54, 1.807) is 31.7 Å². The normalized spacial score (nSPS) is 10.8. The molecule has 3 aromatic rings. The minimum Gasteiger partial charge on any atom is -0.493 e. The molecular formula is C20H17Cl2N3O2. The SMILES string of the molecule is COc1ccc(C=NNc2ccccn2)cc1OCc1ccc(Cl)c(Cl)c1. The smallest absolute Gasteiger partial charge is 0.162 e. The maximum atomic E-state index is 6.05. The van der Waals surface area contributed by atoms with Crippen LogP contribution in [0.4, 0.5) is 5.82 Å². The summed E-state index contributed by atoms with van der Waals surface area (Å²) in [5.74, 6) is 1.90.